The maximum atomic E-state index is 13.6. The second-order valence-electron chi connectivity index (χ2n) is 4.69. The lowest BCUT2D eigenvalue weighted by molar-refractivity contribution is 0.0704. The van der Waals surface area contributed by atoms with Gasteiger partial charge in [-0.1, -0.05) is 0 Å². The molecule has 1 N–H and O–H groups in total. The van der Waals surface area contributed by atoms with E-state index in [1.54, 1.807) is 4.90 Å². The molecule has 1 amide bonds. The molecule has 1 fully saturated rings. The van der Waals surface area contributed by atoms with Crippen LogP contribution in [0, 0.1) is 18.6 Å². The van der Waals surface area contributed by atoms with E-state index in [9.17, 15) is 13.6 Å². The van der Waals surface area contributed by atoms with Crippen LogP contribution in [0.3, 0.4) is 0 Å². The normalized spacial score (nSPS) is 18.9. The van der Waals surface area contributed by atoms with Crippen molar-refractivity contribution in [2.45, 2.75) is 19.9 Å². The zero-order valence-electron chi connectivity index (χ0n) is 10.9. The SMILES string of the molecule is Cc1cc(C(=O)N2CCN[C@H](C)C2)c(F)cc1F.Cl. The molecule has 1 aromatic carbocycles. The van der Waals surface area contributed by atoms with E-state index in [2.05, 4.69) is 5.32 Å². The highest BCUT2D eigenvalue weighted by Gasteiger charge is 2.24. The van der Waals surface area contributed by atoms with Crippen molar-refractivity contribution >= 4 is 18.3 Å². The van der Waals surface area contributed by atoms with Crippen molar-refractivity contribution in [2.75, 3.05) is 19.6 Å². The summed E-state index contributed by atoms with van der Waals surface area (Å²) in [7, 11) is 0. The minimum absolute atomic E-state index is 0. The Morgan fingerprint density at radius 3 is 2.68 bits per heavy atom. The molecule has 1 saturated heterocycles. The van der Waals surface area contributed by atoms with Gasteiger partial charge in [0.15, 0.2) is 0 Å². The topological polar surface area (TPSA) is 32.3 Å². The van der Waals surface area contributed by atoms with Crippen LogP contribution in [0.1, 0.15) is 22.8 Å². The van der Waals surface area contributed by atoms with Crippen LogP contribution in [0.25, 0.3) is 0 Å². The van der Waals surface area contributed by atoms with Gasteiger partial charge in [0.05, 0.1) is 5.56 Å². The Morgan fingerprint density at radius 2 is 2.05 bits per heavy atom. The molecule has 1 heterocycles. The summed E-state index contributed by atoms with van der Waals surface area (Å²) in [4.78, 5) is 13.8. The number of hydrogen-bond donors (Lipinski definition) is 1. The predicted molar refractivity (Wildman–Crippen MR) is 71.7 cm³/mol. The number of nitrogens with one attached hydrogen (secondary N) is 1. The van der Waals surface area contributed by atoms with E-state index < -0.39 is 11.6 Å². The summed E-state index contributed by atoms with van der Waals surface area (Å²) in [5, 5.41) is 3.21. The molecular weight excluding hydrogens is 274 g/mol. The van der Waals surface area contributed by atoms with Crippen molar-refractivity contribution in [3.63, 3.8) is 0 Å². The number of benzene rings is 1. The second-order valence-corrected chi connectivity index (χ2v) is 4.69. The summed E-state index contributed by atoms with van der Waals surface area (Å²) in [6, 6.07) is 2.24. The highest BCUT2D eigenvalue weighted by atomic mass is 35.5. The van der Waals surface area contributed by atoms with E-state index in [0.717, 1.165) is 6.07 Å². The van der Waals surface area contributed by atoms with Crippen molar-refractivity contribution in [1.29, 1.82) is 0 Å². The summed E-state index contributed by atoms with van der Waals surface area (Å²) in [5.74, 6) is -1.80. The highest BCUT2D eigenvalue weighted by Crippen LogP contribution is 2.17. The first-order chi connectivity index (χ1) is 8.49. The third kappa shape index (κ3) is 3.42. The fourth-order valence-electron chi connectivity index (χ4n) is 2.11. The number of halogens is 3. The van der Waals surface area contributed by atoms with Gasteiger partial charge >= 0.3 is 0 Å². The first kappa shape index (κ1) is 15.9. The van der Waals surface area contributed by atoms with Crippen LogP contribution in [-0.4, -0.2) is 36.5 Å². The quantitative estimate of drug-likeness (QED) is 0.859. The number of carbonyl (C=O) groups excluding carboxylic acids is 1. The molecule has 2 rings (SSSR count). The van der Waals surface area contributed by atoms with E-state index in [4.69, 9.17) is 0 Å². The number of nitrogens with zero attached hydrogens (tertiary/aromatic N) is 1. The highest BCUT2D eigenvalue weighted by molar-refractivity contribution is 5.94. The van der Waals surface area contributed by atoms with Gasteiger partial charge in [0.1, 0.15) is 11.6 Å². The van der Waals surface area contributed by atoms with Crippen molar-refractivity contribution < 1.29 is 13.6 Å². The van der Waals surface area contributed by atoms with Crippen LogP contribution in [0.5, 0.6) is 0 Å². The first-order valence-corrected chi connectivity index (χ1v) is 5.97. The Hall–Kier alpha value is -1.20. The first-order valence-electron chi connectivity index (χ1n) is 5.97. The van der Waals surface area contributed by atoms with E-state index in [-0.39, 0.29) is 35.5 Å². The number of amides is 1. The summed E-state index contributed by atoms with van der Waals surface area (Å²) in [6.45, 7) is 5.25. The monoisotopic (exact) mass is 290 g/mol. The number of hydrogen-bond acceptors (Lipinski definition) is 2. The largest absolute Gasteiger partial charge is 0.336 e. The molecule has 1 aliphatic rings. The van der Waals surface area contributed by atoms with Crippen LogP contribution >= 0.6 is 12.4 Å². The summed E-state index contributed by atoms with van der Waals surface area (Å²) in [6.07, 6.45) is 0. The smallest absolute Gasteiger partial charge is 0.256 e. The number of piperazine rings is 1. The lowest BCUT2D eigenvalue weighted by Gasteiger charge is -2.32. The molecule has 0 aromatic heterocycles. The average Bonchev–Trinajstić information content (AvgIpc) is 2.33. The molecule has 0 saturated carbocycles. The summed E-state index contributed by atoms with van der Waals surface area (Å²) < 4.78 is 26.8. The lowest BCUT2D eigenvalue weighted by atomic mass is 10.1. The molecule has 3 nitrogen and oxygen atoms in total. The standard InChI is InChI=1S/C13H16F2N2O.ClH/c1-8-5-10(12(15)6-11(8)14)13(18)17-4-3-16-9(2)7-17;/h5-6,9,16H,3-4,7H2,1-2H3;1H/t9-;/m1./s1. The maximum absolute atomic E-state index is 13.6. The lowest BCUT2D eigenvalue weighted by Crippen LogP contribution is -2.51. The van der Waals surface area contributed by atoms with E-state index in [1.807, 2.05) is 6.92 Å². The van der Waals surface area contributed by atoms with Gasteiger partial charge in [-0.15, -0.1) is 12.4 Å². The van der Waals surface area contributed by atoms with Gasteiger partial charge in [-0.25, -0.2) is 8.78 Å². The Balaban J connectivity index is 0.00000180. The molecule has 106 valence electrons. The molecule has 0 aliphatic carbocycles. The fourth-order valence-corrected chi connectivity index (χ4v) is 2.11. The van der Waals surface area contributed by atoms with Crippen molar-refractivity contribution in [3.05, 3.63) is 34.9 Å². The van der Waals surface area contributed by atoms with Crippen molar-refractivity contribution in [3.8, 4) is 0 Å². The second kappa shape index (κ2) is 6.30. The van der Waals surface area contributed by atoms with Gasteiger partial charge in [-0.05, 0) is 25.5 Å². The average molecular weight is 291 g/mol. The fraction of sp³-hybridized carbons (Fsp3) is 0.462. The zero-order chi connectivity index (χ0) is 13.3. The summed E-state index contributed by atoms with van der Waals surface area (Å²) in [5.41, 5.74) is 0.228. The van der Waals surface area contributed by atoms with Gasteiger partial charge in [0.25, 0.3) is 5.91 Å². The van der Waals surface area contributed by atoms with Gasteiger partial charge in [0.2, 0.25) is 0 Å². The Morgan fingerprint density at radius 1 is 1.37 bits per heavy atom. The Kier molecular flexibility index (Phi) is 5.26. The van der Waals surface area contributed by atoms with Crippen LogP contribution in [-0.2, 0) is 0 Å². The molecule has 0 radical (unpaired) electrons. The van der Waals surface area contributed by atoms with Crippen LogP contribution in [0.15, 0.2) is 12.1 Å². The van der Waals surface area contributed by atoms with Gasteiger partial charge in [-0.3, -0.25) is 4.79 Å². The Labute approximate surface area is 117 Å². The van der Waals surface area contributed by atoms with Gasteiger partial charge < -0.3 is 10.2 Å². The molecule has 19 heavy (non-hydrogen) atoms. The molecular formula is C13H17ClF2N2O. The molecule has 1 aliphatic heterocycles. The van der Waals surface area contributed by atoms with E-state index >= 15 is 0 Å². The third-order valence-corrected chi connectivity index (χ3v) is 3.13. The molecule has 0 spiro atoms. The van der Waals surface area contributed by atoms with E-state index in [0.29, 0.717) is 19.6 Å². The molecule has 0 bridgehead atoms. The van der Waals surface area contributed by atoms with Gasteiger partial charge in [-0.2, -0.15) is 0 Å². The minimum atomic E-state index is -0.797. The maximum Gasteiger partial charge on any atom is 0.256 e. The molecule has 1 atom stereocenters. The van der Waals surface area contributed by atoms with Gasteiger partial charge in [0, 0.05) is 31.7 Å². The van der Waals surface area contributed by atoms with E-state index in [1.165, 1.54) is 13.0 Å². The third-order valence-electron chi connectivity index (χ3n) is 3.13. The zero-order valence-corrected chi connectivity index (χ0v) is 11.7. The summed E-state index contributed by atoms with van der Waals surface area (Å²) >= 11 is 0. The van der Waals surface area contributed by atoms with Crippen LogP contribution < -0.4 is 5.32 Å². The van der Waals surface area contributed by atoms with Crippen LogP contribution in [0.4, 0.5) is 8.78 Å². The van der Waals surface area contributed by atoms with Crippen molar-refractivity contribution in [1.82, 2.24) is 10.2 Å². The molecule has 1 aromatic rings. The van der Waals surface area contributed by atoms with Crippen LogP contribution in [0.2, 0.25) is 0 Å². The van der Waals surface area contributed by atoms with Crippen molar-refractivity contribution in [2.24, 2.45) is 0 Å². The Bertz CT molecular complexity index is 482. The minimum Gasteiger partial charge on any atom is -0.336 e. The predicted octanol–water partition coefficient (Wildman–Crippen LogP) is 2.13. The number of carbonyl (C=O) groups is 1. The molecule has 6 heteroatoms. The number of rotatable bonds is 1. The molecule has 0 unspecified atom stereocenters. The number of aryl methyl sites for hydroxylation is 1.